The van der Waals surface area contributed by atoms with Crippen molar-refractivity contribution in [2.24, 2.45) is 5.92 Å². The van der Waals surface area contributed by atoms with E-state index in [2.05, 4.69) is 15.1 Å². The largest absolute Gasteiger partial charge is 0.493 e. The van der Waals surface area contributed by atoms with E-state index in [9.17, 15) is 0 Å². The zero-order chi connectivity index (χ0) is 18.2. The van der Waals surface area contributed by atoms with E-state index in [0.717, 1.165) is 46.2 Å². The van der Waals surface area contributed by atoms with Gasteiger partial charge in [0.2, 0.25) is 0 Å². The van der Waals surface area contributed by atoms with Crippen LogP contribution in [-0.2, 0) is 0 Å². The van der Waals surface area contributed by atoms with Crippen molar-refractivity contribution in [3.63, 3.8) is 0 Å². The monoisotopic (exact) mass is 361 g/mol. The molecule has 2 aromatic carbocycles. The summed E-state index contributed by atoms with van der Waals surface area (Å²) in [5, 5.41) is 4.17. The van der Waals surface area contributed by atoms with Gasteiger partial charge in [-0.3, -0.25) is 0 Å². The molecule has 7 nitrogen and oxygen atoms in total. The van der Waals surface area contributed by atoms with Crippen molar-refractivity contribution in [2.45, 2.75) is 12.8 Å². The molecule has 1 aliphatic rings. The summed E-state index contributed by atoms with van der Waals surface area (Å²) in [7, 11) is 1.66. The summed E-state index contributed by atoms with van der Waals surface area (Å²) in [4.78, 5) is 12.1. The Bertz CT molecular complexity index is 1080. The number of ether oxygens (including phenoxy) is 2. The molecule has 7 heteroatoms. The van der Waals surface area contributed by atoms with Crippen LogP contribution in [0.2, 0.25) is 0 Å². The molecule has 0 radical (unpaired) electrons. The summed E-state index contributed by atoms with van der Waals surface area (Å²) in [5.41, 5.74) is 3.70. The van der Waals surface area contributed by atoms with Crippen LogP contribution in [0, 0.1) is 5.92 Å². The predicted octanol–water partition coefficient (Wildman–Crippen LogP) is 3.61. The van der Waals surface area contributed by atoms with Gasteiger partial charge in [0, 0.05) is 5.56 Å². The maximum absolute atomic E-state index is 5.89. The average molecular weight is 361 g/mol. The van der Waals surface area contributed by atoms with Crippen molar-refractivity contribution in [3.05, 3.63) is 49.1 Å². The predicted molar refractivity (Wildman–Crippen MR) is 101 cm³/mol. The van der Waals surface area contributed by atoms with Gasteiger partial charge >= 0.3 is 0 Å². The SMILES string of the molecule is COc1cc(-c2nc3ccc(-n4cncn4)cc3[nH]2)ccc1OCC1CC1. The maximum atomic E-state index is 5.89. The van der Waals surface area contributed by atoms with Crippen molar-refractivity contribution in [1.82, 2.24) is 24.7 Å². The highest BCUT2D eigenvalue weighted by Gasteiger charge is 2.22. The Morgan fingerprint density at radius 1 is 1.15 bits per heavy atom. The van der Waals surface area contributed by atoms with Gasteiger partial charge in [0.05, 0.1) is 30.4 Å². The van der Waals surface area contributed by atoms with E-state index in [4.69, 9.17) is 14.5 Å². The molecule has 1 N–H and O–H groups in total. The second kappa shape index (κ2) is 6.42. The smallest absolute Gasteiger partial charge is 0.161 e. The van der Waals surface area contributed by atoms with Crippen LogP contribution < -0.4 is 9.47 Å². The lowest BCUT2D eigenvalue weighted by molar-refractivity contribution is 0.280. The number of hydrogen-bond donors (Lipinski definition) is 1. The Balaban J connectivity index is 1.47. The number of methoxy groups -OCH3 is 1. The number of aromatic amines is 1. The van der Waals surface area contributed by atoms with Gasteiger partial charge in [-0.25, -0.2) is 14.6 Å². The van der Waals surface area contributed by atoms with Crippen LogP contribution >= 0.6 is 0 Å². The van der Waals surface area contributed by atoms with Gasteiger partial charge in [0.25, 0.3) is 0 Å². The van der Waals surface area contributed by atoms with E-state index < -0.39 is 0 Å². The van der Waals surface area contributed by atoms with Gasteiger partial charge in [0.1, 0.15) is 18.5 Å². The van der Waals surface area contributed by atoms with Crippen LogP contribution in [0.15, 0.2) is 49.1 Å². The molecule has 5 rings (SSSR count). The van der Waals surface area contributed by atoms with E-state index in [0.29, 0.717) is 5.92 Å². The molecule has 4 aromatic rings. The normalized spacial score (nSPS) is 13.8. The van der Waals surface area contributed by atoms with Crippen LogP contribution in [0.4, 0.5) is 0 Å². The number of fused-ring (bicyclic) bond motifs is 1. The van der Waals surface area contributed by atoms with Crippen LogP contribution in [0.1, 0.15) is 12.8 Å². The molecule has 27 heavy (non-hydrogen) atoms. The first-order valence-corrected chi connectivity index (χ1v) is 8.96. The molecule has 0 aliphatic heterocycles. The van der Waals surface area contributed by atoms with Gasteiger partial charge in [-0.15, -0.1) is 0 Å². The molecule has 1 aliphatic carbocycles. The summed E-state index contributed by atoms with van der Waals surface area (Å²) in [6, 6.07) is 11.8. The van der Waals surface area contributed by atoms with E-state index in [-0.39, 0.29) is 0 Å². The minimum absolute atomic E-state index is 0.698. The van der Waals surface area contributed by atoms with Crippen LogP contribution in [0.5, 0.6) is 11.5 Å². The second-order valence-corrected chi connectivity index (χ2v) is 6.75. The molecule has 0 saturated heterocycles. The van der Waals surface area contributed by atoms with E-state index in [1.807, 2.05) is 36.4 Å². The Kier molecular flexibility index (Phi) is 3.78. The molecule has 2 aromatic heterocycles. The number of hydrogen-bond acceptors (Lipinski definition) is 5. The van der Waals surface area contributed by atoms with E-state index >= 15 is 0 Å². The number of rotatable bonds is 6. The van der Waals surface area contributed by atoms with E-state index in [1.165, 1.54) is 19.2 Å². The Morgan fingerprint density at radius 3 is 2.85 bits per heavy atom. The summed E-state index contributed by atoms with van der Waals surface area (Å²) < 4.78 is 13.1. The maximum Gasteiger partial charge on any atom is 0.161 e. The Labute approximate surface area is 156 Å². The van der Waals surface area contributed by atoms with E-state index in [1.54, 1.807) is 18.1 Å². The zero-order valence-electron chi connectivity index (χ0n) is 14.9. The van der Waals surface area contributed by atoms with Crippen LogP contribution in [0.3, 0.4) is 0 Å². The zero-order valence-corrected chi connectivity index (χ0v) is 14.9. The quantitative estimate of drug-likeness (QED) is 0.568. The number of nitrogens with zero attached hydrogens (tertiary/aromatic N) is 4. The fourth-order valence-electron chi connectivity index (χ4n) is 3.04. The number of imidazole rings is 1. The highest BCUT2D eigenvalue weighted by molar-refractivity contribution is 5.81. The molecule has 0 amide bonds. The number of nitrogens with one attached hydrogen (secondary N) is 1. The lowest BCUT2D eigenvalue weighted by atomic mass is 10.2. The fraction of sp³-hybridized carbons (Fsp3) is 0.250. The molecular formula is C20H19N5O2. The molecule has 1 saturated carbocycles. The fourth-order valence-corrected chi connectivity index (χ4v) is 3.04. The van der Waals surface area contributed by atoms with Gasteiger partial charge in [-0.2, -0.15) is 5.10 Å². The summed E-state index contributed by atoms with van der Waals surface area (Å²) >= 11 is 0. The minimum atomic E-state index is 0.698. The summed E-state index contributed by atoms with van der Waals surface area (Å²) in [6.45, 7) is 0.755. The number of aromatic nitrogens is 5. The third kappa shape index (κ3) is 3.12. The molecule has 0 unspecified atom stereocenters. The second-order valence-electron chi connectivity index (χ2n) is 6.75. The number of benzene rings is 2. The number of H-pyrrole nitrogens is 1. The van der Waals surface area contributed by atoms with Gasteiger partial charge in [-0.05, 0) is 55.2 Å². The molecule has 136 valence electrons. The molecule has 2 heterocycles. The Morgan fingerprint density at radius 2 is 2.07 bits per heavy atom. The van der Waals surface area contributed by atoms with Gasteiger partial charge in [0.15, 0.2) is 11.5 Å². The van der Waals surface area contributed by atoms with Crippen molar-refractivity contribution < 1.29 is 9.47 Å². The molecule has 0 atom stereocenters. The Hall–Kier alpha value is -3.35. The highest BCUT2D eigenvalue weighted by Crippen LogP contribution is 2.35. The highest BCUT2D eigenvalue weighted by atomic mass is 16.5. The van der Waals surface area contributed by atoms with Crippen molar-refractivity contribution >= 4 is 11.0 Å². The molecular weight excluding hydrogens is 342 g/mol. The average Bonchev–Trinajstić information content (AvgIpc) is 3.19. The standard InChI is InChI=1S/C20H19N5O2/c1-26-19-8-14(4-7-18(19)27-10-13-2-3-13)20-23-16-6-5-15(9-17(16)24-20)25-12-21-11-22-25/h4-9,11-13H,2-3,10H2,1H3,(H,23,24). The van der Waals surface area contributed by atoms with Crippen LogP contribution in [0.25, 0.3) is 28.1 Å². The summed E-state index contributed by atoms with van der Waals surface area (Å²) in [6.07, 6.45) is 5.71. The topological polar surface area (TPSA) is 77.9 Å². The third-order valence-corrected chi connectivity index (χ3v) is 4.76. The first kappa shape index (κ1) is 15.9. The lowest BCUT2D eigenvalue weighted by Gasteiger charge is -2.11. The van der Waals surface area contributed by atoms with Crippen molar-refractivity contribution in [3.8, 4) is 28.6 Å². The first-order valence-electron chi connectivity index (χ1n) is 8.96. The van der Waals surface area contributed by atoms with Gasteiger partial charge in [-0.1, -0.05) is 0 Å². The van der Waals surface area contributed by atoms with Crippen LogP contribution in [-0.4, -0.2) is 38.4 Å². The minimum Gasteiger partial charge on any atom is -0.493 e. The van der Waals surface area contributed by atoms with Gasteiger partial charge < -0.3 is 14.5 Å². The molecule has 1 fully saturated rings. The molecule has 0 bridgehead atoms. The first-order chi connectivity index (χ1) is 13.3. The van der Waals surface area contributed by atoms with Crippen molar-refractivity contribution in [1.29, 1.82) is 0 Å². The summed E-state index contributed by atoms with van der Waals surface area (Å²) in [5.74, 6) is 2.98. The van der Waals surface area contributed by atoms with Crippen molar-refractivity contribution in [2.75, 3.05) is 13.7 Å². The molecule has 0 spiro atoms. The third-order valence-electron chi connectivity index (χ3n) is 4.76. The lowest BCUT2D eigenvalue weighted by Crippen LogP contribution is -2.01.